The molecule has 4 atom stereocenters. The Kier molecular flexibility index (Phi) is 9.62. The Hall–Kier alpha value is -4.29. The van der Waals surface area contributed by atoms with Crippen LogP contribution in [-0.4, -0.2) is 82.3 Å². The number of carboxylic acid groups (broad SMARTS) is 2. The van der Waals surface area contributed by atoms with Gasteiger partial charge < -0.3 is 30.2 Å². The highest BCUT2D eigenvalue weighted by Gasteiger charge is 2.55. The van der Waals surface area contributed by atoms with Crippen molar-refractivity contribution in [1.29, 1.82) is 0 Å². The van der Waals surface area contributed by atoms with E-state index in [2.05, 4.69) is 26.5 Å². The van der Waals surface area contributed by atoms with Crippen molar-refractivity contribution < 1.29 is 43.5 Å². The van der Waals surface area contributed by atoms with E-state index >= 15 is 0 Å². The van der Waals surface area contributed by atoms with Crippen LogP contribution in [0.4, 0.5) is 0 Å². The molecule has 0 spiro atoms. The van der Waals surface area contributed by atoms with E-state index in [9.17, 15) is 34.2 Å². The quantitative estimate of drug-likeness (QED) is 0.267. The van der Waals surface area contributed by atoms with Gasteiger partial charge >= 0.3 is 19.1 Å². The van der Waals surface area contributed by atoms with Crippen molar-refractivity contribution in [2.45, 2.75) is 69.6 Å². The summed E-state index contributed by atoms with van der Waals surface area (Å²) in [4.78, 5) is 70.6. The fourth-order valence-electron chi connectivity index (χ4n) is 4.32. The van der Waals surface area contributed by atoms with Gasteiger partial charge in [-0.25, -0.2) is 9.79 Å². The first-order valence-electron chi connectivity index (χ1n) is 12.6. The minimum absolute atomic E-state index is 0.0863. The molecule has 0 bridgehead atoms. The van der Waals surface area contributed by atoms with Gasteiger partial charge in [0, 0.05) is 18.5 Å². The number of benzene rings is 1. The van der Waals surface area contributed by atoms with Gasteiger partial charge in [0.05, 0.1) is 25.0 Å². The molecule has 0 radical (unpaired) electrons. The maximum absolute atomic E-state index is 13.6. The van der Waals surface area contributed by atoms with Crippen LogP contribution in [0.2, 0.25) is 0 Å². The zero-order valence-electron chi connectivity index (χ0n) is 22.3. The van der Waals surface area contributed by atoms with Gasteiger partial charge in [-0.3, -0.25) is 24.2 Å². The van der Waals surface area contributed by atoms with Crippen LogP contribution in [0.1, 0.15) is 45.6 Å². The maximum atomic E-state index is 13.6. The van der Waals surface area contributed by atoms with E-state index in [1.165, 1.54) is 19.3 Å². The normalized spacial score (nSPS) is 23.3. The summed E-state index contributed by atoms with van der Waals surface area (Å²) in [5, 5.41) is 24.5. The highest BCUT2D eigenvalue weighted by atomic mass is 16.6. The highest BCUT2D eigenvalue weighted by Crippen LogP contribution is 2.30. The second-order valence-electron chi connectivity index (χ2n) is 10.3. The van der Waals surface area contributed by atoms with Crippen molar-refractivity contribution in [1.82, 2.24) is 10.6 Å². The van der Waals surface area contributed by atoms with Gasteiger partial charge in [-0.15, -0.1) is 0 Å². The summed E-state index contributed by atoms with van der Waals surface area (Å²) < 4.78 is 10.9. The molecule has 3 unspecified atom stereocenters. The van der Waals surface area contributed by atoms with Gasteiger partial charge in [0.15, 0.2) is 11.1 Å². The molecule has 212 valence electrons. The first-order chi connectivity index (χ1) is 18.8. The molecule has 1 aromatic rings. The summed E-state index contributed by atoms with van der Waals surface area (Å²) in [7, 11) is -1.59. The largest absolute Gasteiger partial charge is 0.552 e. The number of amides is 2. The van der Waals surface area contributed by atoms with Crippen LogP contribution in [0, 0.1) is 5.92 Å². The van der Waals surface area contributed by atoms with Gasteiger partial charge in [0.2, 0.25) is 5.91 Å². The van der Waals surface area contributed by atoms with Crippen molar-refractivity contribution in [3.8, 4) is 0 Å². The molecule has 1 aromatic carbocycles. The second kappa shape index (κ2) is 12.7. The average molecular weight is 554 g/mol. The number of carbonyl (C=O) groups is 5. The van der Waals surface area contributed by atoms with Crippen LogP contribution in [0.3, 0.4) is 0 Å². The minimum atomic E-state index is -2.37. The molecule has 4 N–H and O–H groups in total. The number of rotatable bonds is 12. The lowest BCUT2D eigenvalue weighted by Crippen LogP contribution is -2.63. The summed E-state index contributed by atoms with van der Waals surface area (Å²) in [6.45, 7) is 5.15. The van der Waals surface area contributed by atoms with Crippen molar-refractivity contribution in [3.63, 3.8) is 0 Å². The van der Waals surface area contributed by atoms with Crippen LogP contribution in [-0.2, 0) is 39.7 Å². The van der Waals surface area contributed by atoms with Gasteiger partial charge in [-0.2, -0.15) is 0 Å². The first-order valence-corrected chi connectivity index (χ1v) is 12.6. The molecule has 0 aliphatic carbocycles. The molecule has 2 aliphatic heterocycles. The summed E-state index contributed by atoms with van der Waals surface area (Å²) >= 11 is 0. The Labute approximate surface area is 230 Å². The predicted molar refractivity (Wildman–Crippen MR) is 143 cm³/mol. The highest BCUT2D eigenvalue weighted by molar-refractivity contribution is 6.50. The fourth-order valence-corrected chi connectivity index (χ4v) is 4.32. The Morgan fingerprint density at radius 1 is 1.15 bits per heavy atom. The third kappa shape index (κ3) is 7.64. The molecule has 3 rings (SSSR count). The molecule has 0 aromatic heterocycles. The molecular formula is C26H31BN4O9. The van der Waals surface area contributed by atoms with Gasteiger partial charge in [-0.05, 0) is 24.8 Å². The number of nitrogens with zero attached hydrogens (tertiary/aromatic N) is 2. The Balaban J connectivity index is 1.89. The van der Waals surface area contributed by atoms with Gasteiger partial charge in [0.25, 0.3) is 11.9 Å². The van der Waals surface area contributed by atoms with Crippen LogP contribution in [0.15, 0.2) is 46.5 Å². The van der Waals surface area contributed by atoms with Gasteiger partial charge in [-0.1, -0.05) is 44.2 Å². The van der Waals surface area contributed by atoms with Crippen molar-refractivity contribution in [2.24, 2.45) is 15.9 Å². The van der Waals surface area contributed by atoms with E-state index in [0.717, 1.165) is 5.56 Å². The van der Waals surface area contributed by atoms with E-state index in [4.69, 9.17) is 9.31 Å². The molecule has 13 nitrogen and oxygen atoms in total. The van der Waals surface area contributed by atoms with E-state index in [1.807, 2.05) is 13.8 Å². The SMILES string of the molecule is CC(C)CC(NC(=O)[C@H](Cc1ccccc1)NC(=O)C1(C)C=NC=C=N1)B1OC(=O)CC(CC(=O)O)(C(=O)O)O1. The second-order valence-corrected chi connectivity index (χ2v) is 10.3. The molecule has 1 saturated heterocycles. The molecule has 2 heterocycles. The number of nitrogens with one attached hydrogen (secondary N) is 2. The summed E-state index contributed by atoms with van der Waals surface area (Å²) in [6.07, 6.45) is 1.09. The number of hydrogen-bond acceptors (Lipinski definition) is 9. The first kappa shape index (κ1) is 30.3. The third-order valence-electron chi connectivity index (χ3n) is 6.35. The van der Waals surface area contributed by atoms with Crippen molar-refractivity contribution >= 4 is 48.9 Å². The van der Waals surface area contributed by atoms with E-state index in [-0.39, 0.29) is 18.8 Å². The van der Waals surface area contributed by atoms with Crippen molar-refractivity contribution in [2.75, 3.05) is 0 Å². The summed E-state index contributed by atoms with van der Waals surface area (Å²) in [5.41, 5.74) is -3.04. The Bertz CT molecular complexity index is 1240. The van der Waals surface area contributed by atoms with E-state index in [1.54, 1.807) is 30.3 Å². The lowest BCUT2D eigenvalue weighted by Gasteiger charge is -2.38. The fraction of sp³-hybridized carbons (Fsp3) is 0.462. The van der Waals surface area contributed by atoms with Crippen LogP contribution >= 0.6 is 0 Å². The van der Waals surface area contributed by atoms with Crippen LogP contribution in [0.5, 0.6) is 0 Å². The monoisotopic (exact) mass is 554 g/mol. The smallest absolute Gasteiger partial charge is 0.508 e. The zero-order chi connectivity index (χ0) is 29.5. The lowest BCUT2D eigenvalue weighted by atomic mass is 9.70. The number of carboxylic acids is 2. The van der Waals surface area contributed by atoms with Crippen LogP contribution < -0.4 is 10.6 Å². The molecule has 0 saturated carbocycles. The Morgan fingerprint density at radius 2 is 1.85 bits per heavy atom. The van der Waals surface area contributed by atoms with Gasteiger partial charge in [0.1, 0.15) is 6.04 Å². The van der Waals surface area contributed by atoms with E-state index < -0.39 is 72.8 Å². The maximum Gasteiger partial charge on any atom is 0.552 e. The topological polar surface area (TPSA) is 193 Å². The molecule has 2 aliphatic rings. The van der Waals surface area contributed by atoms with Crippen LogP contribution in [0.25, 0.3) is 0 Å². The standard InChI is InChI=1S/C26H31BN4O9/c1-16(2)11-19(27-39-21(34)14-26(40-27,24(37)38)13-20(32)33)31-22(35)18(12-17-7-5-4-6-8-17)30-23(36)25(3)15-28-9-10-29-25/h4-9,15-16,18-19H,11-14H2,1-3H3,(H,30,36)(H,31,35)(H,32,33)(H,37,38)/t18-,19?,25?,26?/m0/s1. The molecular weight excluding hydrogens is 523 g/mol. The predicted octanol–water partition coefficient (Wildman–Crippen LogP) is 0.560. The Morgan fingerprint density at radius 3 is 2.42 bits per heavy atom. The van der Waals surface area contributed by atoms with Crippen molar-refractivity contribution in [3.05, 3.63) is 42.1 Å². The number of aliphatic imine (C=N–C) groups is 2. The molecule has 2 amide bonds. The molecule has 1 fully saturated rings. The number of aliphatic carboxylic acids is 2. The minimum Gasteiger partial charge on any atom is -0.508 e. The van der Waals surface area contributed by atoms with E-state index in [0.29, 0.717) is 0 Å². The summed E-state index contributed by atoms with van der Waals surface area (Å²) in [6, 6.07) is 7.79. The summed E-state index contributed by atoms with van der Waals surface area (Å²) in [5.74, 6) is -4.00. The lowest BCUT2D eigenvalue weighted by molar-refractivity contribution is -0.175. The average Bonchev–Trinajstić information content (AvgIpc) is 2.87. The molecule has 14 heteroatoms. The zero-order valence-corrected chi connectivity index (χ0v) is 22.3. The molecule has 40 heavy (non-hydrogen) atoms. The number of carbonyl (C=O) groups excluding carboxylic acids is 3. The number of hydrogen-bond donors (Lipinski definition) is 4. The third-order valence-corrected chi connectivity index (χ3v) is 6.35.